The minimum absolute atomic E-state index is 0.0132. The number of hydrogen-bond acceptors (Lipinski definition) is 3. The zero-order valence-corrected chi connectivity index (χ0v) is 17.4. The van der Waals surface area contributed by atoms with Crippen molar-refractivity contribution in [3.8, 4) is 0 Å². The molecule has 1 amide bonds. The quantitative estimate of drug-likeness (QED) is 0.712. The zero-order valence-electron chi connectivity index (χ0n) is 15.8. The van der Waals surface area contributed by atoms with Crippen molar-refractivity contribution in [2.45, 2.75) is 24.8 Å². The molecule has 5 nitrogen and oxygen atoms in total. The van der Waals surface area contributed by atoms with Gasteiger partial charge in [0.25, 0.3) is 0 Å². The van der Waals surface area contributed by atoms with E-state index in [4.69, 9.17) is 11.6 Å². The van der Waals surface area contributed by atoms with E-state index in [0.717, 1.165) is 12.1 Å². The van der Waals surface area contributed by atoms with Crippen LogP contribution < -0.4 is 5.32 Å². The predicted octanol–water partition coefficient (Wildman–Crippen LogP) is 4.54. The zero-order chi connectivity index (χ0) is 21.9. The molecule has 0 spiro atoms. The summed E-state index contributed by atoms with van der Waals surface area (Å²) in [5.74, 6) is -1.35. The Bertz CT molecular complexity index is 1010. The summed E-state index contributed by atoms with van der Waals surface area (Å²) in [6.07, 6.45) is -3.71. The van der Waals surface area contributed by atoms with Gasteiger partial charge in [-0.15, -0.1) is 0 Å². The molecule has 162 valence electrons. The van der Waals surface area contributed by atoms with Crippen LogP contribution >= 0.6 is 11.6 Å². The van der Waals surface area contributed by atoms with Crippen molar-refractivity contribution >= 4 is 33.2 Å². The number of carbonyl (C=O) groups excluding carboxylic acids is 1. The molecule has 30 heavy (non-hydrogen) atoms. The maximum Gasteiger partial charge on any atom is 0.417 e. The number of sulfonamides is 1. The number of alkyl halides is 3. The van der Waals surface area contributed by atoms with Crippen LogP contribution in [0.3, 0.4) is 0 Å². The van der Waals surface area contributed by atoms with Crippen molar-refractivity contribution in [1.29, 1.82) is 0 Å². The predicted molar refractivity (Wildman–Crippen MR) is 108 cm³/mol. The van der Waals surface area contributed by atoms with E-state index in [9.17, 15) is 26.4 Å². The van der Waals surface area contributed by atoms with Gasteiger partial charge in [-0.05, 0) is 36.6 Å². The van der Waals surface area contributed by atoms with Gasteiger partial charge in [0, 0.05) is 18.8 Å². The van der Waals surface area contributed by atoms with Crippen LogP contribution in [0.15, 0.2) is 48.5 Å². The SMILES string of the molecule is O=C(Nc1ccc(Cl)c(C(F)(F)F)c1)C1CCCN(S(=O)(=O)Cc2ccccc2)C1. The minimum atomic E-state index is -4.65. The molecule has 0 radical (unpaired) electrons. The third-order valence-electron chi connectivity index (χ3n) is 4.88. The van der Waals surface area contributed by atoms with Crippen molar-refractivity contribution in [1.82, 2.24) is 4.31 Å². The Morgan fingerprint density at radius 2 is 1.87 bits per heavy atom. The standard InChI is InChI=1S/C20H20ClF3N2O3S/c21-18-9-8-16(11-17(18)20(22,23)24)25-19(27)15-7-4-10-26(12-15)30(28,29)13-14-5-2-1-3-6-14/h1-3,5-6,8-9,11,15H,4,7,10,12-13H2,(H,25,27). The molecule has 2 aromatic rings. The molecule has 1 saturated heterocycles. The normalized spacial score (nSPS) is 18.2. The first kappa shape index (κ1) is 22.6. The van der Waals surface area contributed by atoms with Crippen LogP contribution in [-0.2, 0) is 26.7 Å². The van der Waals surface area contributed by atoms with Crippen molar-refractivity contribution in [2.75, 3.05) is 18.4 Å². The fourth-order valence-electron chi connectivity index (χ4n) is 3.35. The van der Waals surface area contributed by atoms with E-state index < -0.39 is 38.6 Å². The van der Waals surface area contributed by atoms with Gasteiger partial charge in [0.2, 0.25) is 15.9 Å². The third-order valence-corrected chi connectivity index (χ3v) is 7.03. The first-order valence-corrected chi connectivity index (χ1v) is 11.2. The number of hydrogen-bond donors (Lipinski definition) is 1. The smallest absolute Gasteiger partial charge is 0.326 e. The molecular formula is C20H20ClF3N2O3S. The molecule has 1 heterocycles. The Balaban J connectivity index is 1.69. The summed E-state index contributed by atoms with van der Waals surface area (Å²) < 4.78 is 65.8. The maximum atomic E-state index is 13.0. The lowest BCUT2D eigenvalue weighted by Crippen LogP contribution is -2.44. The van der Waals surface area contributed by atoms with E-state index in [1.807, 2.05) is 0 Å². The molecule has 0 aliphatic carbocycles. The Hall–Kier alpha value is -2.10. The lowest BCUT2D eigenvalue weighted by molar-refractivity contribution is -0.137. The molecule has 1 N–H and O–H groups in total. The van der Waals surface area contributed by atoms with E-state index >= 15 is 0 Å². The molecule has 10 heteroatoms. The van der Waals surface area contributed by atoms with Gasteiger partial charge in [0.1, 0.15) is 0 Å². The second kappa shape index (κ2) is 8.95. The maximum absolute atomic E-state index is 13.0. The number of piperidine rings is 1. The second-order valence-corrected chi connectivity index (χ2v) is 9.50. The van der Waals surface area contributed by atoms with Crippen LogP contribution in [0.25, 0.3) is 0 Å². The number of halogens is 4. The van der Waals surface area contributed by atoms with Crippen molar-refractivity contribution in [2.24, 2.45) is 5.92 Å². The summed E-state index contributed by atoms with van der Waals surface area (Å²) >= 11 is 5.60. The molecule has 1 atom stereocenters. The molecular weight excluding hydrogens is 441 g/mol. The topological polar surface area (TPSA) is 66.5 Å². The Morgan fingerprint density at radius 3 is 2.53 bits per heavy atom. The van der Waals surface area contributed by atoms with Crippen LogP contribution in [0.5, 0.6) is 0 Å². The van der Waals surface area contributed by atoms with E-state index in [1.54, 1.807) is 30.3 Å². The summed E-state index contributed by atoms with van der Waals surface area (Å²) in [5.41, 5.74) is -0.441. The lowest BCUT2D eigenvalue weighted by atomic mass is 9.98. The van der Waals surface area contributed by atoms with Gasteiger partial charge in [-0.3, -0.25) is 4.79 Å². The summed E-state index contributed by atoms with van der Waals surface area (Å²) in [5, 5.41) is 1.99. The fraction of sp³-hybridized carbons (Fsp3) is 0.350. The summed E-state index contributed by atoms with van der Waals surface area (Å²) in [6.45, 7) is 0.291. The van der Waals surface area contributed by atoms with Crippen LogP contribution in [-0.4, -0.2) is 31.7 Å². The number of amides is 1. The first-order chi connectivity index (χ1) is 14.1. The highest BCUT2D eigenvalue weighted by Crippen LogP contribution is 2.36. The van der Waals surface area contributed by atoms with Gasteiger partial charge in [-0.25, -0.2) is 12.7 Å². The van der Waals surface area contributed by atoms with Gasteiger partial charge in [0.05, 0.1) is 22.3 Å². The van der Waals surface area contributed by atoms with Crippen LogP contribution in [0.1, 0.15) is 24.0 Å². The second-order valence-electron chi connectivity index (χ2n) is 7.12. The van der Waals surface area contributed by atoms with E-state index in [2.05, 4.69) is 5.32 Å². The number of benzene rings is 2. The molecule has 1 fully saturated rings. The monoisotopic (exact) mass is 460 g/mol. The van der Waals surface area contributed by atoms with Crippen LogP contribution in [0, 0.1) is 5.92 Å². The van der Waals surface area contributed by atoms with E-state index in [-0.39, 0.29) is 18.0 Å². The molecule has 1 unspecified atom stereocenters. The third kappa shape index (κ3) is 5.53. The number of nitrogens with zero attached hydrogens (tertiary/aromatic N) is 1. The first-order valence-electron chi connectivity index (χ1n) is 9.25. The van der Waals surface area contributed by atoms with Gasteiger partial charge >= 0.3 is 6.18 Å². The highest BCUT2D eigenvalue weighted by molar-refractivity contribution is 7.88. The molecule has 0 aromatic heterocycles. The van der Waals surface area contributed by atoms with Gasteiger partial charge in [-0.2, -0.15) is 13.2 Å². The van der Waals surface area contributed by atoms with E-state index in [0.29, 0.717) is 24.9 Å². The van der Waals surface area contributed by atoms with Gasteiger partial charge in [-0.1, -0.05) is 41.9 Å². The fourth-order valence-corrected chi connectivity index (χ4v) is 5.19. The van der Waals surface area contributed by atoms with Gasteiger partial charge in [0.15, 0.2) is 0 Å². The lowest BCUT2D eigenvalue weighted by Gasteiger charge is -2.31. The summed E-state index contributed by atoms with van der Waals surface area (Å²) in [6, 6.07) is 11.8. The van der Waals surface area contributed by atoms with Crippen LogP contribution in [0.4, 0.5) is 18.9 Å². The highest BCUT2D eigenvalue weighted by atomic mass is 35.5. The highest BCUT2D eigenvalue weighted by Gasteiger charge is 2.35. The minimum Gasteiger partial charge on any atom is -0.326 e. The molecule has 1 aliphatic heterocycles. The Labute approximate surface area is 177 Å². The molecule has 0 bridgehead atoms. The van der Waals surface area contributed by atoms with Crippen LogP contribution in [0.2, 0.25) is 5.02 Å². The average Bonchev–Trinajstić information content (AvgIpc) is 2.69. The summed E-state index contributed by atoms with van der Waals surface area (Å²) in [7, 11) is -3.62. The number of rotatable bonds is 5. The Kier molecular flexibility index (Phi) is 6.74. The Morgan fingerprint density at radius 1 is 1.17 bits per heavy atom. The molecule has 1 aliphatic rings. The molecule has 3 rings (SSSR count). The largest absolute Gasteiger partial charge is 0.417 e. The molecule has 0 saturated carbocycles. The van der Waals surface area contributed by atoms with Crippen molar-refractivity contribution < 1.29 is 26.4 Å². The molecule has 2 aromatic carbocycles. The number of anilines is 1. The van der Waals surface area contributed by atoms with Gasteiger partial charge < -0.3 is 5.32 Å². The van der Waals surface area contributed by atoms with Crippen molar-refractivity contribution in [3.05, 3.63) is 64.7 Å². The number of carbonyl (C=O) groups is 1. The van der Waals surface area contributed by atoms with E-state index in [1.165, 1.54) is 10.4 Å². The number of nitrogens with one attached hydrogen (secondary N) is 1. The average molecular weight is 461 g/mol. The van der Waals surface area contributed by atoms with Crippen molar-refractivity contribution in [3.63, 3.8) is 0 Å². The summed E-state index contributed by atoms with van der Waals surface area (Å²) in [4.78, 5) is 12.6.